The van der Waals surface area contributed by atoms with Crippen molar-refractivity contribution in [1.82, 2.24) is 10.2 Å². The maximum absolute atomic E-state index is 6.02. The third-order valence-corrected chi connectivity index (χ3v) is 2.53. The molecular formula is C10H6BrClN2. The summed E-state index contributed by atoms with van der Waals surface area (Å²) in [4.78, 5) is 0. The van der Waals surface area contributed by atoms with E-state index in [0.717, 1.165) is 11.3 Å². The van der Waals surface area contributed by atoms with Gasteiger partial charge in [0.2, 0.25) is 0 Å². The minimum absolute atomic E-state index is 0.684. The van der Waals surface area contributed by atoms with Crippen LogP contribution in [-0.2, 0) is 0 Å². The Kier molecular flexibility index (Phi) is 2.79. The van der Waals surface area contributed by atoms with Crippen molar-refractivity contribution in [3.8, 4) is 11.3 Å². The average molecular weight is 270 g/mol. The summed E-state index contributed by atoms with van der Waals surface area (Å²) in [5, 5.41) is 8.62. The van der Waals surface area contributed by atoms with Gasteiger partial charge in [-0.3, -0.25) is 0 Å². The van der Waals surface area contributed by atoms with Gasteiger partial charge in [0.15, 0.2) is 0 Å². The molecule has 0 amide bonds. The molecule has 0 fully saturated rings. The number of benzene rings is 1. The van der Waals surface area contributed by atoms with Crippen molar-refractivity contribution >= 4 is 27.5 Å². The molecule has 0 atom stereocenters. The maximum atomic E-state index is 6.02. The Labute approximate surface area is 95.1 Å². The first-order valence-corrected chi connectivity index (χ1v) is 5.18. The van der Waals surface area contributed by atoms with Gasteiger partial charge in [0, 0.05) is 5.56 Å². The Morgan fingerprint density at radius 2 is 1.79 bits per heavy atom. The lowest BCUT2D eigenvalue weighted by Gasteiger charge is -2.01. The Bertz CT molecular complexity index is 442. The number of halogens is 2. The second kappa shape index (κ2) is 4.07. The minimum Gasteiger partial charge on any atom is -0.149 e. The Morgan fingerprint density at radius 3 is 2.43 bits per heavy atom. The summed E-state index contributed by atoms with van der Waals surface area (Å²) in [5.74, 6) is 0. The van der Waals surface area contributed by atoms with E-state index in [1.807, 2.05) is 36.4 Å². The number of nitrogens with zero attached hydrogens (tertiary/aromatic N) is 2. The normalized spacial score (nSPS) is 10.1. The van der Waals surface area contributed by atoms with Gasteiger partial charge in [0.1, 0.15) is 4.60 Å². The fourth-order valence-corrected chi connectivity index (χ4v) is 1.57. The average Bonchev–Trinajstić information content (AvgIpc) is 2.20. The van der Waals surface area contributed by atoms with Crippen molar-refractivity contribution in [3.05, 3.63) is 46.0 Å². The van der Waals surface area contributed by atoms with Crippen LogP contribution >= 0.6 is 27.5 Å². The van der Waals surface area contributed by atoms with Crippen LogP contribution in [0.2, 0.25) is 5.02 Å². The molecule has 4 heteroatoms. The second-order valence-corrected chi connectivity index (χ2v) is 3.94. The highest BCUT2D eigenvalue weighted by molar-refractivity contribution is 9.10. The quantitative estimate of drug-likeness (QED) is 0.791. The van der Waals surface area contributed by atoms with Crippen LogP contribution in [0.3, 0.4) is 0 Å². The van der Waals surface area contributed by atoms with E-state index in [4.69, 9.17) is 11.6 Å². The van der Waals surface area contributed by atoms with E-state index in [0.29, 0.717) is 9.63 Å². The van der Waals surface area contributed by atoms with Crippen molar-refractivity contribution in [2.75, 3.05) is 0 Å². The molecule has 0 bridgehead atoms. The summed E-state index contributed by atoms with van der Waals surface area (Å²) in [5.41, 5.74) is 1.67. The molecule has 0 aliphatic heterocycles. The van der Waals surface area contributed by atoms with Crippen molar-refractivity contribution in [1.29, 1.82) is 0 Å². The van der Waals surface area contributed by atoms with Crippen molar-refractivity contribution in [2.45, 2.75) is 0 Å². The molecule has 0 aliphatic carbocycles. The lowest BCUT2D eigenvalue weighted by Crippen LogP contribution is -1.87. The third kappa shape index (κ3) is 1.94. The molecule has 1 heterocycles. The summed E-state index contributed by atoms with van der Waals surface area (Å²) in [6.45, 7) is 0. The van der Waals surface area contributed by atoms with Gasteiger partial charge in [-0.05, 0) is 34.1 Å². The second-order valence-electron chi connectivity index (χ2n) is 2.72. The van der Waals surface area contributed by atoms with Gasteiger partial charge in [-0.1, -0.05) is 29.8 Å². The van der Waals surface area contributed by atoms with Crippen LogP contribution in [-0.4, -0.2) is 10.2 Å². The Hall–Kier alpha value is -0.930. The van der Waals surface area contributed by atoms with Gasteiger partial charge in [0.25, 0.3) is 0 Å². The van der Waals surface area contributed by atoms with E-state index < -0.39 is 0 Å². The third-order valence-electron chi connectivity index (χ3n) is 1.78. The molecule has 2 aromatic rings. The van der Waals surface area contributed by atoms with Crippen LogP contribution < -0.4 is 0 Å². The van der Waals surface area contributed by atoms with E-state index >= 15 is 0 Å². The molecule has 0 N–H and O–H groups in total. The highest BCUT2D eigenvalue weighted by Gasteiger charge is 2.03. The van der Waals surface area contributed by atoms with Gasteiger partial charge >= 0.3 is 0 Å². The van der Waals surface area contributed by atoms with Gasteiger partial charge in [-0.2, -0.15) is 0 Å². The van der Waals surface area contributed by atoms with Crippen LogP contribution in [0.4, 0.5) is 0 Å². The van der Waals surface area contributed by atoms with Gasteiger partial charge in [-0.25, -0.2) is 0 Å². The molecule has 2 nitrogen and oxygen atoms in total. The predicted molar refractivity (Wildman–Crippen MR) is 60.2 cm³/mol. The fraction of sp³-hybridized carbons (Fsp3) is 0. The smallest absolute Gasteiger partial charge is 0.128 e. The van der Waals surface area contributed by atoms with Crippen LogP contribution in [0.25, 0.3) is 11.3 Å². The summed E-state index contributed by atoms with van der Waals surface area (Å²) < 4.78 is 0.716. The number of hydrogen-bond acceptors (Lipinski definition) is 2. The monoisotopic (exact) mass is 268 g/mol. The largest absolute Gasteiger partial charge is 0.149 e. The summed E-state index contributed by atoms with van der Waals surface area (Å²) in [6, 6.07) is 11.3. The van der Waals surface area contributed by atoms with Crippen LogP contribution in [0.5, 0.6) is 0 Å². The molecule has 14 heavy (non-hydrogen) atoms. The van der Waals surface area contributed by atoms with E-state index in [-0.39, 0.29) is 0 Å². The molecule has 70 valence electrons. The van der Waals surface area contributed by atoms with E-state index in [1.54, 1.807) is 0 Å². The molecule has 0 aliphatic rings. The van der Waals surface area contributed by atoms with Crippen molar-refractivity contribution in [3.63, 3.8) is 0 Å². The van der Waals surface area contributed by atoms with Gasteiger partial charge in [-0.15, -0.1) is 10.2 Å². The first kappa shape index (κ1) is 9.62. The molecule has 1 aromatic heterocycles. The van der Waals surface area contributed by atoms with Gasteiger partial charge < -0.3 is 0 Å². The zero-order valence-corrected chi connectivity index (χ0v) is 9.46. The lowest BCUT2D eigenvalue weighted by atomic mass is 10.1. The van der Waals surface area contributed by atoms with E-state index in [1.165, 1.54) is 0 Å². The number of hydrogen-bond donors (Lipinski definition) is 0. The molecule has 0 radical (unpaired) electrons. The Morgan fingerprint density at radius 1 is 1.00 bits per heavy atom. The Balaban J connectivity index is 2.50. The highest BCUT2D eigenvalue weighted by atomic mass is 79.9. The fourth-order valence-electron chi connectivity index (χ4n) is 1.13. The van der Waals surface area contributed by atoms with E-state index in [9.17, 15) is 0 Å². The standard InChI is InChI=1S/C10H6BrClN2/c11-10-6-5-9(13-14-10)7-3-1-2-4-8(7)12/h1-6H. The maximum Gasteiger partial charge on any atom is 0.128 e. The molecule has 0 saturated heterocycles. The molecule has 0 saturated carbocycles. The molecule has 1 aromatic carbocycles. The number of aromatic nitrogens is 2. The molecule has 2 rings (SSSR count). The van der Waals surface area contributed by atoms with Crippen LogP contribution in [0.15, 0.2) is 41.0 Å². The van der Waals surface area contributed by atoms with Crippen molar-refractivity contribution < 1.29 is 0 Å². The zero-order chi connectivity index (χ0) is 9.97. The van der Waals surface area contributed by atoms with Crippen LogP contribution in [0.1, 0.15) is 0 Å². The minimum atomic E-state index is 0.684. The lowest BCUT2D eigenvalue weighted by molar-refractivity contribution is 1.01. The topological polar surface area (TPSA) is 25.8 Å². The molecular weight excluding hydrogens is 263 g/mol. The summed E-state index contributed by atoms with van der Waals surface area (Å²) >= 11 is 9.25. The SMILES string of the molecule is Clc1ccccc1-c1ccc(Br)nn1. The summed E-state index contributed by atoms with van der Waals surface area (Å²) in [6.07, 6.45) is 0. The predicted octanol–water partition coefficient (Wildman–Crippen LogP) is 3.56. The van der Waals surface area contributed by atoms with Gasteiger partial charge in [0.05, 0.1) is 10.7 Å². The first-order chi connectivity index (χ1) is 6.77. The zero-order valence-electron chi connectivity index (χ0n) is 7.11. The highest BCUT2D eigenvalue weighted by Crippen LogP contribution is 2.25. The number of rotatable bonds is 1. The first-order valence-electron chi connectivity index (χ1n) is 4.01. The van der Waals surface area contributed by atoms with Crippen molar-refractivity contribution in [2.24, 2.45) is 0 Å². The summed E-state index contributed by atoms with van der Waals surface area (Å²) in [7, 11) is 0. The molecule has 0 spiro atoms. The molecule has 0 unspecified atom stereocenters. The van der Waals surface area contributed by atoms with Crippen LogP contribution in [0, 0.1) is 0 Å². The van der Waals surface area contributed by atoms with E-state index in [2.05, 4.69) is 26.1 Å².